The molecule has 0 bridgehead atoms. The number of anilines is 1. The molecule has 0 unspecified atom stereocenters. The zero-order valence-electron chi connectivity index (χ0n) is 19.2. The number of pyridine rings is 1. The van der Waals surface area contributed by atoms with Crippen LogP contribution in [0.25, 0.3) is 10.2 Å². The van der Waals surface area contributed by atoms with E-state index in [1.807, 2.05) is 36.7 Å². The third-order valence-corrected chi connectivity index (χ3v) is 7.28. The van der Waals surface area contributed by atoms with Gasteiger partial charge in [-0.3, -0.25) is 9.78 Å². The lowest BCUT2D eigenvalue weighted by Gasteiger charge is -2.33. The van der Waals surface area contributed by atoms with E-state index in [0.717, 1.165) is 36.1 Å². The highest BCUT2D eigenvalue weighted by atomic mass is 35.5. The smallest absolute Gasteiger partial charge is 0.279 e. The van der Waals surface area contributed by atoms with Crippen LogP contribution in [0.1, 0.15) is 23.2 Å². The van der Waals surface area contributed by atoms with Gasteiger partial charge in [0.15, 0.2) is 11.5 Å². The Morgan fingerprint density at radius 2 is 1.91 bits per heavy atom. The van der Waals surface area contributed by atoms with Gasteiger partial charge in [-0.05, 0) is 67.3 Å². The van der Waals surface area contributed by atoms with Crippen molar-refractivity contribution in [2.24, 2.45) is 5.92 Å². The Bertz CT molecular complexity index is 1320. The summed E-state index contributed by atoms with van der Waals surface area (Å²) in [5.74, 6) is 1.28. The van der Waals surface area contributed by atoms with Crippen molar-refractivity contribution in [3.05, 3.63) is 71.5 Å². The molecule has 0 atom stereocenters. The fraction of sp³-hybridized carbons (Fsp3) is 0.269. The average molecular weight is 509 g/mol. The van der Waals surface area contributed by atoms with Crippen LogP contribution in [-0.2, 0) is 0 Å². The second-order valence-electron chi connectivity index (χ2n) is 8.41. The number of aromatic nitrogens is 2. The molecule has 1 aliphatic heterocycles. The lowest BCUT2D eigenvalue weighted by molar-refractivity contribution is 0.0944. The molecule has 0 radical (unpaired) electrons. The Morgan fingerprint density at radius 3 is 2.69 bits per heavy atom. The number of nitrogens with one attached hydrogen (secondary N) is 1. The summed E-state index contributed by atoms with van der Waals surface area (Å²) >= 11 is 7.47. The fourth-order valence-electron chi connectivity index (χ4n) is 4.20. The van der Waals surface area contributed by atoms with Gasteiger partial charge in [0.05, 0.1) is 17.3 Å². The van der Waals surface area contributed by atoms with Gasteiger partial charge < -0.3 is 19.7 Å². The molecule has 0 spiro atoms. The Hall–Kier alpha value is -3.36. The number of fused-ring (bicyclic) bond motifs is 1. The van der Waals surface area contributed by atoms with E-state index in [1.165, 1.54) is 17.0 Å². The van der Waals surface area contributed by atoms with Gasteiger partial charge in [-0.1, -0.05) is 22.9 Å². The number of amides is 1. The molecular weight excluding hydrogens is 484 g/mol. The topological polar surface area (TPSA) is 76.6 Å². The SMILES string of the molecule is COc1ccc(C(=O)NCC2CCN(c3ccncc3)CC2)cc1Oc1nc2ccc(Cl)cc2s1. The standard InChI is InChI=1S/C26H25ClN4O3S/c1-33-22-5-2-18(14-23(22)34-26-30-21-4-3-19(27)15-24(21)35-26)25(32)29-16-17-8-12-31(13-9-17)20-6-10-28-11-7-20/h2-7,10-11,14-15,17H,8-9,12-13,16H2,1H3,(H,29,32). The molecular formula is C26H25ClN4O3S. The van der Waals surface area contributed by atoms with Crippen molar-refractivity contribution in [1.82, 2.24) is 15.3 Å². The van der Waals surface area contributed by atoms with Crippen LogP contribution < -0.4 is 19.7 Å². The highest BCUT2D eigenvalue weighted by Gasteiger charge is 2.21. The van der Waals surface area contributed by atoms with Gasteiger partial charge in [-0.2, -0.15) is 0 Å². The summed E-state index contributed by atoms with van der Waals surface area (Å²) in [6.45, 7) is 2.58. The van der Waals surface area contributed by atoms with Crippen LogP contribution in [0.4, 0.5) is 5.69 Å². The summed E-state index contributed by atoms with van der Waals surface area (Å²) in [7, 11) is 1.57. The minimum absolute atomic E-state index is 0.134. The molecule has 3 heterocycles. The second kappa shape index (κ2) is 10.5. The number of carbonyl (C=O) groups excluding carboxylic acids is 1. The molecule has 1 amide bonds. The van der Waals surface area contributed by atoms with Crippen LogP contribution in [0, 0.1) is 5.92 Å². The summed E-state index contributed by atoms with van der Waals surface area (Å²) < 4.78 is 12.4. The first-order valence-corrected chi connectivity index (χ1v) is 12.6. The van der Waals surface area contributed by atoms with Crippen molar-refractivity contribution in [2.75, 3.05) is 31.6 Å². The molecule has 5 rings (SSSR count). The van der Waals surface area contributed by atoms with Crippen LogP contribution in [0.5, 0.6) is 16.7 Å². The number of piperidine rings is 1. The van der Waals surface area contributed by atoms with E-state index in [0.29, 0.717) is 39.7 Å². The lowest BCUT2D eigenvalue weighted by atomic mass is 9.96. The predicted octanol–water partition coefficient (Wildman–Crippen LogP) is 5.79. The minimum Gasteiger partial charge on any atom is -0.493 e. The molecule has 2 aromatic heterocycles. The van der Waals surface area contributed by atoms with E-state index in [-0.39, 0.29) is 5.91 Å². The van der Waals surface area contributed by atoms with E-state index < -0.39 is 0 Å². The molecule has 1 saturated heterocycles. The predicted molar refractivity (Wildman–Crippen MR) is 139 cm³/mol. The molecule has 1 aliphatic rings. The number of benzene rings is 2. The second-order valence-corrected chi connectivity index (χ2v) is 9.84. The summed E-state index contributed by atoms with van der Waals surface area (Å²) in [4.78, 5) is 23.9. The normalized spacial score (nSPS) is 14.2. The largest absolute Gasteiger partial charge is 0.493 e. The van der Waals surface area contributed by atoms with Crippen molar-refractivity contribution in [2.45, 2.75) is 12.8 Å². The zero-order chi connectivity index (χ0) is 24.2. The van der Waals surface area contributed by atoms with E-state index in [9.17, 15) is 4.79 Å². The van der Waals surface area contributed by atoms with E-state index in [2.05, 4.69) is 20.2 Å². The van der Waals surface area contributed by atoms with Gasteiger partial charge in [-0.15, -0.1) is 0 Å². The van der Waals surface area contributed by atoms with Crippen LogP contribution in [0.15, 0.2) is 60.9 Å². The maximum absolute atomic E-state index is 12.9. The van der Waals surface area contributed by atoms with Crippen molar-refractivity contribution in [3.63, 3.8) is 0 Å². The van der Waals surface area contributed by atoms with E-state index in [4.69, 9.17) is 21.1 Å². The summed E-state index contributed by atoms with van der Waals surface area (Å²) in [6.07, 6.45) is 5.70. The number of carbonyl (C=O) groups is 1. The summed E-state index contributed by atoms with van der Waals surface area (Å²) in [6, 6.07) is 14.7. The number of halogens is 1. The third-order valence-electron chi connectivity index (χ3n) is 6.15. The maximum atomic E-state index is 12.9. The first-order chi connectivity index (χ1) is 17.1. The minimum atomic E-state index is -0.134. The van der Waals surface area contributed by atoms with E-state index >= 15 is 0 Å². The number of rotatable bonds is 7. The lowest BCUT2D eigenvalue weighted by Crippen LogP contribution is -2.38. The molecule has 180 valence electrons. The van der Waals surface area contributed by atoms with Gasteiger partial charge in [0, 0.05) is 48.3 Å². The van der Waals surface area contributed by atoms with E-state index in [1.54, 1.807) is 31.4 Å². The van der Waals surface area contributed by atoms with Crippen molar-refractivity contribution in [1.29, 1.82) is 0 Å². The highest BCUT2D eigenvalue weighted by molar-refractivity contribution is 7.20. The number of methoxy groups -OCH3 is 1. The Labute approximate surface area is 212 Å². The molecule has 0 saturated carbocycles. The third kappa shape index (κ3) is 5.49. The molecule has 1 N–H and O–H groups in total. The fourth-order valence-corrected chi connectivity index (χ4v) is 5.31. The number of nitrogens with zero attached hydrogens (tertiary/aromatic N) is 3. The Balaban J connectivity index is 1.21. The molecule has 35 heavy (non-hydrogen) atoms. The molecule has 1 fully saturated rings. The molecule has 9 heteroatoms. The van der Waals surface area contributed by atoms with Gasteiger partial charge in [-0.25, -0.2) is 4.98 Å². The number of hydrogen-bond donors (Lipinski definition) is 1. The van der Waals surface area contributed by atoms with Crippen molar-refractivity contribution >= 4 is 44.7 Å². The van der Waals surface area contributed by atoms with Gasteiger partial charge in [0.1, 0.15) is 0 Å². The van der Waals surface area contributed by atoms with Crippen LogP contribution in [-0.4, -0.2) is 42.6 Å². The quantitative estimate of drug-likeness (QED) is 0.340. The molecule has 2 aromatic carbocycles. The molecule has 4 aromatic rings. The Morgan fingerprint density at radius 1 is 1.11 bits per heavy atom. The number of ether oxygens (including phenoxy) is 2. The van der Waals surface area contributed by atoms with Gasteiger partial charge in [0.2, 0.25) is 0 Å². The Kier molecular flexibility index (Phi) is 7.01. The number of hydrogen-bond acceptors (Lipinski definition) is 7. The molecule has 0 aliphatic carbocycles. The van der Waals surface area contributed by atoms with Crippen LogP contribution in [0.3, 0.4) is 0 Å². The van der Waals surface area contributed by atoms with Crippen LogP contribution in [0.2, 0.25) is 5.02 Å². The first-order valence-electron chi connectivity index (χ1n) is 11.4. The van der Waals surface area contributed by atoms with Gasteiger partial charge in [0.25, 0.3) is 11.1 Å². The van der Waals surface area contributed by atoms with Gasteiger partial charge >= 0.3 is 0 Å². The number of thiazole rings is 1. The van der Waals surface area contributed by atoms with Crippen LogP contribution >= 0.6 is 22.9 Å². The zero-order valence-corrected chi connectivity index (χ0v) is 20.8. The summed E-state index contributed by atoms with van der Waals surface area (Å²) in [5, 5.41) is 4.19. The summed E-state index contributed by atoms with van der Waals surface area (Å²) in [5.41, 5.74) is 2.51. The molecule has 7 nitrogen and oxygen atoms in total. The average Bonchev–Trinajstić information content (AvgIpc) is 3.29. The maximum Gasteiger partial charge on any atom is 0.279 e. The highest BCUT2D eigenvalue weighted by Crippen LogP contribution is 2.37. The van der Waals surface area contributed by atoms with Crippen molar-refractivity contribution < 1.29 is 14.3 Å². The monoisotopic (exact) mass is 508 g/mol. The first kappa shape index (κ1) is 23.4. The van der Waals surface area contributed by atoms with Crippen molar-refractivity contribution in [3.8, 4) is 16.7 Å².